The lowest BCUT2D eigenvalue weighted by molar-refractivity contribution is 0.598. The lowest BCUT2D eigenvalue weighted by atomic mass is 10.2. The van der Waals surface area contributed by atoms with Crippen molar-refractivity contribution in [3.05, 3.63) is 50.7 Å². The number of benzene rings is 1. The molecule has 2 heterocycles. The quantitative estimate of drug-likeness (QED) is 0.554. The number of imidazole rings is 1. The monoisotopic (exact) mass is 364 g/mol. The van der Waals surface area contributed by atoms with Gasteiger partial charge in [-0.15, -0.1) is 0 Å². The zero-order chi connectivity index (χ0) is 18.4. The molecule has 1 aromatic carbocycles. The van der Waals surface area contributed by atoms with Gasteiger partial charge in [-0.1, -0.05) is 12.1 Å². The van der Waals surface area contributed by atoms with Crippen LogP contribution in [-0.2, 0) is 30.7 Å². The molecule has 0 bridgehead atoms. The number of nitrogens with two attached hydrogens (primary N) is 1. The number of primary sulfonamides is 1. The molecule has 10 nitrogen and oxygen atoms in total. The van der Waals surface area contributed by atoms with Gasteiger partial charge in [-0.2, -0.15) is 4.98 Å². The first-order chi connectivity index (χ1) is 11.7. The van der Waals surface area contributed by atoms with Gasteiger partial charge in [0.1, 0.15) is 0 Å². The number of aryl methyl sites for hydroxylation is 1. The molecule has 132 valence electrons. The number of fused-ring (bicyclic) bond motifs is 1. The van der Waals surface area contributed by atoms with Crippen LogP contribution >= 0.6 is 0 Å². The lowest BCUT2D eigenvalue weighted by Crippen LogP contribution is -2.36. The standard InChI is InChI=1S/C14H16N6O4S/c1-19-11-10(12(21)20(2)14(19)22)17-13(18-11)16-7-8-3-5-9(6-4-8)25(15,23)24/h3-6H,7H2,1-2H3,(H2,15,23,24)(H2,16,17,18). The molecule has 0 spiro atoms. The largest absolute Gasteiger partial charge is 0.352 e. The fourth-order valence-electron chi connectivity index (χ4n) is 2.39. The first kappa shape index (κ1) is 16.9. The maximum atomic E-state index is 12.1. The summed E-state index contributed by atoms with van der Waals surface area (Å²) < 4.78 is 24.7. The molecule has 3 rings (SSSR count). The first-order valence-corrected chi connectivity index (χ1v) is 8.74. The topological polar surface area (TPSA) is 145 Å². The van der Waals surface area contributed by atoms with Crippen LogP contribution in [0.2, 0.25) is 0 Å². The van der Waals surface area contributed by atoms with E-state index < -0.39 is 21.3 Å². The lowest BCUT2D eigenvalue weighted by Gasteiger charge is -2.04. The molecule has 3 aromatic rings. The maximum absolute atomic E-state index is 12.1. The first-order valence-electron chi connectivity index (χ1n) is 7.20. The highest BCUT2D eigenvalue weighted by atomic mass is 32.2. The van der Waals surface area contributed by atoms with Crippen LogP contribution in [0.3, 0.4) is 0 Å². The summed E-state index contributed by atoms with van der Waals surface area (Å²) in [5.41, 5.74) is 0.330. The van der Waals surface area contributed by atoms with Crippen molar-refractivity contribution in [1.29, 1.82) is 0 Å². The zero-order valence-corrected chi connectivity index (χ0v) is 14.3. The predicted octanol–water partition coefficient (Wildman–Crippen LogP) is -0.780. The van der Waals surface area contributed by atoms with E-state index in [1.54, 1.807) is 12.1 Å². The molecule has 0 amide bonds. The second-order valence-corrected chi connectivity index (χ2v) is 7.09. The van der Waals surface area contributed by atoms with Crippen LogP contribution in [-0.4, -0.2) is 27.5 Å². The highest BCUT2D eigenvalue weighted by molar-refractivity contribution is 7.89. The van der Waals surface area contributed by atoms with Crippen LogP contribution < -0.4 is 21.7 Å². The molecule has 11 heteroatoms. The third-order valence-corrected chi connectivity index (χ3v) is 4.74. The summed E-state index contributed by atoms with van der Waals surface area (Å²) in [4.78, 5) is 31.1. The number of rotatable bonds is 4. The number of hydrogen-bond donors (Lipinski definition) is 3. The Kier molecular flexibility index (Phi) is 3.97. The number of hydrogen-bond acceptors (Lipinski definition) is 6. The van der Waals surface area contributed by atoms with E-state index in [0.29, 0.717) is 12.5 Å². The molecule has 0 saturated carbocycles. The van der Waals surface area contributed by atoms with E-state index >= 15 is 0 Å². The van der Waals surface area contributed by atoms with E-state index in [4.69, 9.17) is 5.14 Å². The van der Waals surface area contributed by atoms with Crippen molar-refractivity contribution in [1.82, 2.24) is 19.1 Å². The Hall–Kier alpha value is -2.92. The van der Waals surface area contributed by atoms with Gasteiger partial charge in [-0.05, 0) is 17.7 Å². The van der Waals surface area contributed by atoms with Gasteiger partial charge >= 0.3 is 5.69 Å². The SMILES string of the molecule is Cn1c(=O)c2[nH]c(NCc3ccc(S(N)(=O)=O)cc3)nc2n(C)c1=O. The zero-order valence-electron chi connectivity index (χ0n) is 13.5. The number of anilines is 1. The molecular weight excluding hydrogens is 348 g/mol. The second-order valence-electron chi connectivity index (χ2n) is 5.53. The van der Waals surface area contributed by atoms with Crippen LogP contribution in [0.5, 0.6) is 0 Å². The molecule has 0 unspecified atom stereocenters. The van der Waals surface area contributed by atoms with Crippen molar-refractivity contribution >= 4 is 27.1 Å². The molecule has 4 N–H and O–H groups in total. The summed E-state index contributed by atoms with van der Waals surface area (Å²) in [6, 6.07) is 6.04. The van der Waals surface area contributed by atoms with Crippen molar-refractivity contribution in [2.75, 3.05) is 5.32 Å². The van der Waals surface area contributed by atoms with Crippen molar-refractivity contribution in [2.24, 2.45) is 19.2 Å². The van der Waals surface area contributed by atoms with E-state index in [9.17, 15) is 18.0 Å². The molecule has 0 fully saturated rings. The number of nitrogens with one attached hydrogen (secondary N) is 2. The van der Waals surface area contributed by atoms with E-state index in [0.717, 1.165) is 10.1 Å². The van der Waals surface area contributed by atoms with E-state index in [2.05, 4.69) is 15.3 Å². The Morgan fingerprint density at radius 3 is 2.40 bits per heavy atom. The molecule has 0 radical (unpaired) electrons. The second kappa shape index (κ2) is 5.86. The smallest absolute Gasteiger partial charge is 0.332 e. The minimum atomic E-state index is -3.73. The molecule has 0 aliphatic carbocycles. The van der Waals surface area contributed by atoms with Crippen molar-refractivity contribution < 1.29 is 8.42 Å². The van der Waals surface area contributed by atoms with Crippen LogP contribution in [0, 0.1) is 0 Å². The number of aromatic amines is 1. The van der Waals surface area contributed by atoms with E-state index in [1.807, 2.05) is 0 Å². The highest BCUT2D eigenvalue weighted by Crippen LogP contribution is 2.12. The molecule has 25 heavy (non-hydrogen) atoms. The average Bonchev–Trinajstić information content (AvgIpc) is 3.00. The van der Waals surface area contributed by atoms with Gasteiger partial charge in [0.25, 0.3) is 5.56 Å². The van der Waals surface area contributed by atoms with Gasteiger partial charge in [0.2, 0.25) is 16.0 Å². The van der Waals surface area contributed by atoms with Crippen molar-refractivity contribution in [3.8, 4) is 0 Å². The van der Waals surface area contributed by atoms with Crippen LogP contribution in [0.1, 0.15) is 5.56 Å². The summed E-state index contributed by atoms with van der Waals surface area (Å²) in [5.74, 6) is 0.323. The van der Waals surface area contributed by atoms with Crippen molar-refractivity contribution in [3.63, 3.8) is 0 Å². The Bertz CT molecular complexity index is 1170. The molecule has 0 aliphatic rings. The van der Waals surface area contributed by atoms with Gasteiger partial charge < -0.3 is 10.3 Å². The number of H-pyrrole nitrogens is 1. The van der Waals surface area contributed by atoms with Crippen LogP contribution in [0.15, 0.2) is 38.8 Å². The Morgan fingerprint density at radius 2 is 1.80 bits per heavy atom. The van der Waals surface area contributed by atoms with Gasteiger partial charge in [0.15, 0.2) is 11.2 Å². The average molecular weight is 364 g/mol. The van der Waals surface area contributed by atoms with Gasteiger partial charge in [0, 0.05) is 20.6 Å². The maximum Gasteiger partial charge on any atom is 0.332 e. The fourth-order valence-corrected chi connectivity index (χ4v) is 2.91. The Balaban J connectivity index is 1.87. The normalized spacial score (nSPS) is 11.8. The molecule has 2 aromatic heterocycles. The van der Waals surface area contributed by atoms with Crippen LogP contribution in [0.25, 0.3) is 11.2 Å². The van der Waals surface area contributed by atoms with E-state index in [1.165, 1.54) is 30.8 Å². The molecule has 0 saturated heterocycles. The minimum absolute atomic E-state index is 0.0264. The minimum Gasteiger partial charge on any atom is -0.352 e. The van der Waals surface area contributed by atoms with Gasteiger partial charge in [0.05, 0.1) is 4.90 Å². The van der Waals surface area contributed by atoms with Gasteiger partial charge in [-0.25, -0.2) is 18.4 Å². The summed E-state index contributed by atoms with van der Waals surface area (Å²) in [5, 5.41) is 8.04. The molecule has 0 aliphatic heterocycles. The van der Waals surface area contributed by atoms with Crippen molar-refractivity contribution in [2.45, 2.75) is 11.4 Å². The fraction of sp³-hybridized carbons (Fsp3) is 0.214. The van der Waals surface area contributed by atoms with Crippen LogP contribution in [0.4, 0.5) is 5.95 Å². The number of aromatic nitrogens is 4. The highest BCUT2D eigenvalue weighted by Gasteiger charge is 2.13. The molecular formula is C14H16N6O4S. The summed E-state index contributed by atoms with van der Waals surface area (Å²) in [7, 11) is -0.808. The summed E-state index contributed by atoms with van der Waals surface area (Å²) in [6.07, 6.45) is 0. The molecule has 0 atom stereocenters. The Labute approximate surface area is 142 Å². The third-order valence-electron chi connectivity index (χ3n) is 3.81. The summed E-state index contributed by atoms with van der Waals surface area (Å²) in [6.45, 7) is 0.332. The number of sulfonamides is 1. The third kappa shape index (κ3) is 3.06. The van der Waals surface area contributed by atoms with E-state index in [-0.39, 0.29) is 16.1 Å². The van der Waals surface area contributed by atoms with Gasteiger partial charge in [-0.3, -0.25) is 13.9 Å². The summed E-state index contributed by atoms with van der Waals surface area (Å²) >= 11 is 0. The number of nitrogens with zero attached hydrogens (tertiary/aromatic N) is 3. The Morgan fingerprint density at radius 1 is 1.16 bits per heavy atom. The predicted molar refractivity (Wildman–Crippen MR) is 91.7 cm³/mol.